The van der Waals surface area contributed by atoms with Crippen molar-refractivity contribution < 1.29 is 22.8 Å². The Morgan fingerprint density at radius 2 is 1.96 bits per heavy atom. The van der Waals surface area contributed by atoms with Crippen molar-refractivity contribution in [3.05, 3.63) is 28.3 Å². The van der Waals surface area contributed by atoms with Crippen LogP contribution in [-0.4, -0.2) is 53.8 Å². The van der Waals surface area contributed by atoms with E-state index >= 15 is 0 Å². The number of hydrogen-bond donors (Lipinski definition) is 2. The van der Waals surface area contributed by atoms with Gasteiger partial charge in [0.25, 0.3) is 0 Å². The lowest BCUT2D eigenvalue weighted by molar-refractivity contribution is -0.386. The summed E-state index contributed by atoms with van der Waals surface area (Å²) >= 11 is 0. The summed E-state index contributed by atoms with van der Waals surface area (Å²) in [5, 5.41) is 14.3. The number of nitrogens with one attached hydrogen (secondary N) is 2. The fourth-order valence-corrected chi connectivity index (χ4v) is 4.12. The van der Waals surface area contributed by atoms with Crippen LogP contribution in [0.3, 0.4) is 0 Å². The molecule has 1 fully saturated rings. The van der Waals surface area contributed by atoms with E-state index in [1.54, 1.807) is 7.11 Å². The molecule has 1 aliphatic heterocycles. The Bertz CT molecular complexity index is 717. The number of methoxy groups -OCH3 is 2. The zero-order chi connectivity index (χ0) is 18.5. The smallest absolute Gasteiger partial charge is 0.312 e. The van der Waals surface area contributed by atoms with Crippen molar-refractivity contribution in [2.75, 3.05) is 40.5 Å². The van der Waals surface area contributed by atoms with E-state index in [0.717, 1.165) is 32.0 Å². The van der Waals surface area contributed by atoms with E-state index in [1.165, 1.54) is 19.2 Å². The maximum atomic E-state index is 12.6. The Labute approximate surface area is 159 Å². The second kappa shape index (κ2) is 9.47. The summed E-state index contributed by atoms with van der Waals surface area (Å²) in [6.45, 7) is 2.24. The number of nitro groups is 1. The van der Waals surface area contributed by atoms with Crippen LogP contribution >= 0.6 is 12.4 Å². The minimum atomic E-state index is -3.88. The fraction of sp³-hybridized carbons (Fsp3) is 0.600. The maximum absolute atomic E-state index is 12.6. The van der Waals surface area contributed by atoms with Crippen molar-refractivity contribution in [1.82, 2.24) is 10.0 Å². The van der Waals surface area contributed by atoms with Crippen LogP contribution in [0.15, 0.2) is 23.1 Å². The highest BCUT2D eigenvalue weighted by molar-refractivity contribution is 7.89. The summed E-state index contributed by atoms with van der Waals surface area (Å²) in [6, 6.07) is 3.58. The number of nitro benzene ring substituents is 1. The number of ether oxygens (including phenoxy) is 2. The van der Waals surface area contributed by atoms with E-state index in [-0.39, 0.29) is 40.7 Å². The molecule has 0 saturated carbocycles. The van der Waals surface area contributed by atoms with Gasteiger partial charge in [0, 0.05) is 25.1 Å². The summed E-state index contributed by atoms with van der Waals surface area (Å²) in [6.07, 6.45) is 1.57. The minimum Gasteiger partial charge on any atom is -0.490 e. The molecule has 9 nitrogen and oxygen atoms in total. The number of rotatable bonds is 8. The summed E-state index contributed by atoms with van der Waals surface area (Å²) in [4.78, 5) is 10.3. The zero-order valence-corrected chi connectivity index (χ0v) is 16.3. The molecule has 1 saturated heterocycles. The fourth-order valence-electron chi connectivity index (χ4n) is 2.95. The largest absolute Gasteiger partial charge is 0.490 e. The van der Waals surface area contributed by atoms with Crippen molar-refractivity contribution >= 4 is 28.1 Å². The summed E-state index contributed by atoms with van der Waals surface area (Å²) < 4.78 is 37.9. The summed E-state index contributed by atoms with van der Waals surface area (Å²) in [7, 11) is -1.00. The quantitative estimate of drug-likeness (QED) is 0.490. The van der Waals surface area contributed by atoms with Crippen LogP contribution < -0.4 is 14.8 Å². The molecule has 0 spiro atoms. The Morgan fingerprint density at radius 3 is 2.50 bits per heavy atom. The Balaban J connectivity index is 0.00000338. The lowest BCUT2D eigenvalue weighted by Gasteiger charge is -2.37. The topological polar surface area (TPSA) is 120 Å². The van der Waals surface area contributed by atoms with E-state index in [2.05, 4.69) is 10.0 Å². The number of halogens is 1. The second-order valence-corrected chi connectivity index (χ2v) is 7.87. The van der Waals surface area contributed by atoms with E-state index in [1.807, 2.05) is 0 Å². The molecule has 26 heavy (non-hydrogen) atoms. The van der Waals surface area contributed by atoms with Crippen LogP contribution in [0, 0.1) is 15.5 Å². The molecule has 1 heterocycles. The van der Waals surface area contributed by atoms with Crippen molar-refractivity contribution in [3.8, 4) is 5.75 Å². The first-order valence-corrected chi connectivity index (χ1v) is 9.34. The predicted octanol–water partition coefficient (Wildman–Crippen LogP) is 1.32. The lowest BCUT2D eigenvalue weighted by atomic mass is 9.80. The molecule has 0 bridgehead atoms. The van der Waals surface area contributed by atoms with Gasteiger partial charge in [-0.25, -0.2) is 13.1 Å². The SMILES string of the molecule is COCC1(CNS(=O)(=O)c2ccc(OC)c([N+](=O)[O-])c2)CCNCC1.Cl. The Kier molecular flexibility index (Phi) is 8.22. The third-order valence-electron chi connectivity index (χ3n) is 4.41. The molecule has 0 aliphatic carbocycles. The van der Waals surface area contributed by atoms with Gasteiger partial charge in [0.1, 0.15) is 0 Å². The predicted molar refractivity (Wildman–Crippen MR) is 98.5 cm³/mol. The molecule has 0 radical (unpaired) electrons. The molecule has 0 unspecified atom stereocenters. The van der Waals surface area contributed by atoms with E-state index in [0.29, 0.717) is 6.61 Å². The molecule has 1 aromatic carbocycles. The molecule has 2 N–H and O–H groups in total. The average Bonchev–Trinajstić information content (AvgIpc) is 2.60. The van der Waals surface area contributed by atoms with E-state index < -0.39 is 14.9 Å². The number of piperidine rings is 1. The molecule has 1 aromatic rings. The van der Waals surface area contributed by atoms with Crippen LogP contribution in [0.1, 0.15) is 12.8 Å². The molecule has 1 aliphatic rings. The molecule has 11 heteroatoms. The van der Waals surface area contributed by atoms with Gasteiger partial charge in [-0.05, 0) is 38.1 Å². The molecule has 0 aromatic heterocycles. The van der Waals surface area contributed by atoms with Crippen LogP contribution in [0.2, 0.25) is 0 Å². The number of nitrogens with zero attached hydrogens (tertiary/aromatic N) is 1. The van der Waals surface area contributed by atoms with Crippen molar-refractivity contribution in [2.45, 2.75) is 17.7 Å². The molecule has 148 valence electrons. The van der Waals surface area contributed by atoms with Crippen molar-refractivity contribution in [3.63, 3.8) is 0 Å². The molecular formula is C15H24ClN3O6S. The first kappa shape index (κ1) is 22.6. The molecule has 0 amide bonds. The normalized spacial score (nSPS) is 16.5. The second-order valence-electron chi connectivity index (χ2n) is 6.10. The van der Waals surface area contributed by atoms with Gasteiger partial charge in [-0.3, -0.25) is 10.1 Å². The van der Waals surface area contributed by atoms with Crippen LogP contribution in [-0.2, 0) is 14.8 Å². The van der Waals surface area contributed by atoms with Gasteiger partial charge in [0.05, 0.1) is 23.5 Å². The number of sulfonamides is 1. The highest BCUT2D eigenvalue weighted by atomic mass is 35.5. The summed E-state index contributed by atoms with van der Waals surface area (Å²) in [5.74, 6) is 0.0122. The summed E-state index contributed by atoms with van der Waals surface area (Å²) in [5.41, 5.74) is -0.676. The van der Waals surface area contributed by atoms with Gasteiger partial charge in [-0.2, -0.15) is 0 Å². The van der Waals surface area contributed by atoms with Crippen LogP contribution in [0.5, 0.6) is 5.75 Å². The highest BCUT2D eigenvalue weighted by Gasteiger charge is 2.34. The van der Waals surface area contributed by atoms with Crippen LogP contribution in [0.4, 0.5) is 5.69 Å². The first-order valence-electron chi connectivity index (χ1n) is 7.85. The molecule has 0 atom stereocenters. The number of benzene rings is 1. The Hall–Kier alpha value is -1.46. The van der Waals surface area contributed by atoms with Gasteiger partial charge < -0.3 is 14.8 Å². The highest BCUT2D eigenvalue weighted by Crippen LogP contribution is 2.31. The van der Waals surface area contributed by atoms with Crippen LogP contribution in [0.25, 0.3) is 0 Å². The monoisotopic (exact) mass is 409 g/mol. The van der Waals surface area contributed by atoms with Crippen molar-refractivity contribution in [2.24, 2.45) is 5.41 Å². The minimum absolute atomic E-state index is 0. The average molecular weight is 410 g/mol. The molecular weight excluding hydrogens is 386 g/mol. The zero-order valence-electron chi connectivity index (χ0n) is 14.7. The van der Waals surface area contributed by atoms with Gasteiger partial charge in [0.2, 0.25) is 10.0 Å². The maximum Gasteiger partial charge on any atom is 0.312 e. The first-order chi connectivity index (χ1) is 11.8. The third kappa shape index (κ3) is 5.27. The number of hydrogen-bond acceptors (Lipinski definition) is 7. The van der Waals surface area contributed by atoms with Gasteiger partial charge in [-0.1, -0.05) is 0 Å². The van der Waals surface area contributed by atoms with E-state index in [9.17, 15) is 18.5 Å². The van der Waals surface area contributed by atoms with Gasteiger partial charge in [-0.15, -0.1) is 12.4 Å². The van der Waals surface area contributed by atoms with Gasteiger partial charge >= 0.3 is 5.69 Å². The van der Waals surface area contributed by atoms with Crippen molar-refractivity contribution in [1.29, 1.82) is 0 Å². The molecule has 2 rings (SSSR count). The van der Waals surface area contributed by atoms with E-state index in [4.69, 9.17) is 9.47 Å². The third-order valence-corrected chi connectivity index (χ3v) is 5.81. The lowest BCUT2D eigenvalue weighted by Crippen LogP contribution is -2.47. The van der Waals surface area contributed by atoms with Gasteiger partial charge in [0.15, 0.2) is 5.75 Å². The Morgan fingerprint density at radius 1 is 1.31 bits per heavy atom. The standard InChI is InChI=1S/C15H23N3O6S.ClH/c1-23-11-15(5-7-16-8-6-15)10-17-25(21,22)12-3-4-14(24-2)13(9-12)18(19)20;/h3-4,9,16-17H,5-8,10-11H2,1-2H3;1H.